The number of halogens is 2. The topological polar surface area (TPSA) is 105 Å². The van der Waals surface area contributed by atoms with Crippen LogP contribution < -0.4 is 20.3 Å². The Kier molecular flexibility index (Phi) is 7.38. The number of anilines is 2. The molecule has 3 aromatic rings. The maximum Gasteiger partial charge on any atom is 0.335 e. The van der Waals surface area contributed by atoms with Crippen LogP contribution in [0.3, 0.4) is 0 Å². The van der Waals surface area contributed by atoms with Crippen molar-refractivity contribution in [1.82, 2.24) is 5.32 Å². The van der Waals surface area contributed by atoms with Gasteiger partial charge in [-0.1, -0.05) is 47.5 Å². The standard InChI is InChI=1S/C26H19Cl2N3O5/c1-15-20(28)8-5-9-21(15)31-25(34)19(24(33)30-26(31)35)13-16-12-17(27)10-11-22(16)36-14-23(32)29-18-6-3-2-4-7-18/h2-13H,14H2,1H3,(H,29,32)(H,30,33,35)/b19-13+. The fraction of sp³-hybridized carbons (Fsp3) is 0.0769. The molecule has 0 atom stereocenters. The number of hydrogen-bond donors (Lipinski definition) is 2. The summed E-state index contributed by atoms with van der Waals surface area (Å²) in [4.78, 5) is 51.6. The summed E-state index contributed by atoms with van der Waals surface area (Å²) in [6, 6.07) is 17.3. The van der Waals surface area contributed by atoms with Crippen molar-refractivity contribution in [3.8, 4) is 5.75 Å². The van der Waals surface area contributed by atoms with Crippen molar-refractivity contribution in [1.29, 1.82) is 0 Å². The average Bonchev–Trinajstić information content (AvgIpc) is 2.84. The molecular formula is C26H19Cl2N3O5. The predicted molar refractivity (Wildman–Crippen MR) is 137 cm³/mol. The molecule has 0 bridgehead atoms. The van der Waals surface area contributed by atoms with E-state index in [4.69, 9.17) is 27.9 Å². The van der Waals surface area contributed by atoms with E-state index in [0.29, 0.717) is 21.3 Å². The van der Waals surface area contributed by atoms with E-state index in [2.05, 4.69) is 10.6 Å². The number of nitrogens with one attached hydrogen (secondary N) is 2. The number of barbiturate groups is 1. The molecule has 0 radical (unpaired) electrons. The zero-order chi connectivity index (χ0) is 25.8. The number of carbonyl (C=O) groups excluding carboxylic acids is 4. The van der Waals surface area contributed by atoms with E-state index in [0.717, 1.165) is 4.90 Å². The number of nitrogens with zero attached hydrogens (tertiary/aromatic N) is 1. The minimum Gasteiger partial charge on any atom is -0.483 e. The van der Waals surface area contributed by atoms with Crippen molar-refractivity contribution in [2.45, 2.75) is 6.92 Å². The molecule has 0 aliphatic carbocycles. The predicted octanol–water partition coefficient (Wildman–Crippen LogP) is 4.99. The Balaban J connectivity index is 1.62. The molecule has 4 rings (SSSR count). The second-order valence-corrected chi connectivity index (χ2v) is 8.57. The molecule has 1 saturated heterocycles. The minimum absolute atomic E-state index is 0.207. The highest BCUT2D eigenvalue weighted by atomic mass is 35.5. The molecule has 182 valence electrons. The monoisotopic (exact) mass is 523 g/mol. The Hall–Kier alpha value is -4.14. The molecule has 1 heterocycles. The summed E-state index contributed by atoms with van der Waals surface area (Å²) in [5.74, 6) is -1.93. The zero-order valence-electron chi connectivity index (χ0n) is 18.9. The fourth-order valence-electron chi connectivity index (χ4n) is 3.50. The minimum atomic E-state index is -0.896. The molecule has 2 N–H and O–H groups in total. The number of benzene rings is 3. The van der Waals surface area contributed by atoms with Crippen LogP contribution >= 0.6 is 23.2 Å². The van der Waals surface area contributed by atoms with E-state index >= 15 is 0 Å². The molecule has 0 aromatic heterocycles. The van der Waals surface area contributed by atoms with Gasteiger partial charge in [0.1, 0.15) is 11.3 Å². The Morgan fingerprint density at radius 1 is 1.03 bits per heavy atom. The van der Waals surface area contributed by atoms with E-state index in [9.17, 15) is 19.2 Å². The number of rotatable bonds is 6. The van der Waals surface area contributed by atoms with Crippen molar-refractivity contribution in [3.05, 3.63) is 93.5 Å². The van der Waals surface area contributed by atoms with Crippen LogP contribution in [0.15, 0.2) is 72.3 Å². The van der Waals surface area contributed by atoms with E-state index in [1.165, 1.54) is 18.2 Å². The molecule has 1 aliphatic rings. The van der Waals surface area contributed by atoms with Crippen LogP contribution in [-0.4, -0.2) is 30.4 Å². The van der Waals surface area contributed by atoms with Gasteiger partial charge in [-0.2, -0.15) is 0 Å². The third-order valence-electron chi connectivity index (χ3n) is 5.27. The lowest BCUT2D eigenvalue weighted by molar-refractivity contribution is -0.122. The Labute approximate surface area is 216 Å². The molecule has 3 aromatic carbocycles. The lowest BCUT2D eigenvalue weighted by Gasteiger charge is -2.27. The van der Waals surface area contributed by atoms with Gasteiger partial charge in [0, 0.05) is 21.3 Å². The molecule has 8 nitrogen and oxygen atoms in total. The summed E-state index contributed by atoms with van der Waals surface area (Å²) >= 11 is 12.3. The lowest BCUT2D eigenvalue weighted by Crippen LogP contribution is -2.54. The van der Waals surface area contributed by atoms with Gasteiger partial charge in [0.25, 0.3) is 17.7 Å². The second-order valence-electron chi connectivity index (χ2n) is 7.73. The van der Waals surface area contributed by atoms with Gasteiger partial charge < -0.3 is 10.1 Å². The van der Waals surface area contributed by atoms with E-state index < -0.39 is 23.8 Å². The molecule has 1 aliphatic heterocycles. The van der Waals surface area contributed by atoms with Gasteiger partial charge >= 0.3 is 6.03 Å². The van der Waals surface area contributed by atoms with Gasteiger partial charge in [0.2, 0.25) is 0 Å². The smallest absolute Gasteiger partial charge is 0.335 e. The number of amides is 5. The van der Waals surface area contributed by atoms with Gasteiger partial charge in [-0.15, -0.1) is 0 Å². The highest BCUT2D eigenvalue weighted by molar-refractivity contribution is 6.40. The molecule has 0 spiro atoms. The van der Waals surface area contributed by atoms with Crippen LogP contribution in [0.1, 0.15) is 11.1 Å². The SMILES string of the molecule is Cc1c(Cl)cccc1N1C(=O)NC(=O)/C(=C\c2cc(Cl)ccc2OCC(=O)Nc2ccccc2)C1=O. The first-order valence-electron chi connectivity index (χ1n) is 10.7. The van der Waals surface area contributed by atoms with Crippen LogP contribution in [-0.2, 0) is 14.4 Å². The first kappa shape index (κ1) is 25.0. The molecule has 1 fully saturated rings. The number of imide groups is 2. The third kappa shape index (κ3) is 5.40. The first-order chi connectivity index (χ1) is 17.2. The van der Waals surface area contributed by atoms with Gasteiger partial charge in [0.05, 0.1) is 5.69 Å². The fourth-order valence-corrected chi connectivity index (χ4v) is 3.85. The summed E-state index contributed by atoms with van der Waals surface area (Å²) in [5.41, 5.74) is 1.28. The maximum absolute atomic E-state index is 13.3. The highest BCUT2D eigenvalue weighted by Crippen LogP contribution is 2.31. The van der Waals surface area contributed by atoms with Crippen LogP contribution in [0.25, 0.3) is 6.08 Å². The van der Waals surface area contributed by atoms with E-state index in [1.807, 2.05) is 6.07 Å². The van der Waals surface area contributed by atoms with Crippen LogP contribution in [0.2, 0.25) is 10.0 Å². The van der Waals surface area contributed by atoms with E-state index in [1.54, 1.807) is 55.5 Å². The normalized spacial score (nSPS) is 14.6. The number of carbonyl (C=O) groups is 4. The summed E-state index contributed by atoms with van der Waals surface area (Å²) in [6.07, 6.45) is 1.26. The van der Waals surface area contributed by atoms with Crippen molar-refractivity contribution in [2.24, 2.45) is 0 Å². The summed E-state index contributed by atoms with van der Waals surface area (Å²) < 4.78 is 5.65. The summed E-state index contributed by atoms with van der Waals surface area (Å²) in [6.45, 7) is 1.32. The van der Waals surface area contributed by atoms with Gasteiger partial charge in [0.15, 0.2) is 6.61 Å². The molecule has 36 heavy (non-hydrogen) atoms. The lowest BCUT2D eigenvalue weighted by atomic mass is 10.0. The zero-order valence-corrected chi connectivity index (χ0v) is 20.4. The van der Waals surface area contributed by atoms with Gasteiger partial charge in [-0.05, 0) is 61.0 Å². The van der Waals surface area contributed by atoms with Crippen molar-refractivity contribution >= 4 is 64.4 Å². The van der Waals surface area contributed by atoms with Crippen molar-refractivity contribution in [3.63, 3.8) is 0 Å². The average molecular weight is 524 g/mol. The van der Waals surface area contributed by atoms with E-state index in [-0.39, 0.29) is 29.2 Å². The largest absolute Gasteiger partial charge is 0.483 e. The molecule has 5 amide bonds. The number of hydrogen-bond acceptors (Lipinski definition) is 5. The Morgan fingerprint density at radius 2 is 1.78 bits per heavy atom. The molecule has 0 saturated carbocycles. The number of urea groups is 1. The van der Waals surface area contributed by atoms with Crippen LogP contribution in [0.5, 0.6) is 5.75 Å². The molecule has 0 unspecified atom stereocenters. The molecular weight excluding hydrogens is 505 g/mol. The van der Waals surface area contributed by atoms with Crippen molar-refractivity contribution in [2.75, 3.05) is 16.8 Å². The summed E-state index contributed by atoms with van der Waals surface area (Å²) in [7, 11) is 0. The Bertz CT molecular complexity index is 1410. The van der Waals surface area contributed by atoms with Gasteiger partial charge in [-0.3, -0.25) is 19.7 Å². The number of para-hydroxylation sites is 1. The quantitative estimate of drug-likeness (QED) is 0.350. The van der Waals surface area contributed by atoms with Crippen LogP contribution in [0, 0.1) is 6.92 Å². The van der Waals surface area contributed by atoms with Gasteiger partial charge in [-0.25, -0.2) is 9.69 Å². The van der Waals surface area contributed by atoms with Crippen molar-refractivity contribution < 1.29 is 23.9 Å². The Morgan fingerprint density at radius 3 is 2.53 bits per heavy atom. The molecule has 10 heteroatoms. The first-order valence-corrected chi connectivity index (χ1v) is 11.4. The highest BCUT2D eigenvalue weighted by Gasteiger charge is 2.37. The second kappa shape index (κ2) is 10.6. The van der Waals surface area contributed by atoms with Crippen LogP contribution in [0.4, 0.5) is 16.2 Å². The maximum atomic E-state index is 13.3. The number of ether oxygens (including phenoxy) is 1. The summed E-state index contributed by atoms with van der Waals surface area (Å²) in [5, 5.41) is 5.53. The third-order valence-corrected chi connectivity index (χ3v) is 5.91.